The van der Waals surface area contributed by atoms with Crippen LogP contribution in [0.4, 0.5) is 0 Å². The van der Waals surface area contributed by atoms with Gasteiger partial charge in [-0.1, -0.05) is 31.4 Å². The summed E-state index contributed by atoms with van der Waals surface area (Å²) in [6.45, 7) is 3.37. The number of benzene rings is 1. The molecule has 0 heterocycles. The maximum absolute atomic E-state index is 5.90. The molecule has 0 radical (unpaired) electrons. The average molecular weight is 284 g/mol. The van der Waals surface area contributed by atoms with Gasteiger partial charge in [0.05, 0.1) is 0 Å². The van der Waals surface area contributed by atoms with Gasteiger partial charge >= 0.3 is 0 Å². The minimum absolute atomic E-state index is 0.665. The van der Waals surface area contributed by atoms with Crippen molar-refractivity contribution in [3.05, 3.63) is 29.3 Å². The second-order valence-corrected chi connectivity index (χ2v) is 6.62. The lowest BCUT2D eigenvalue weighted by molar-refractivity contribution is 0.494. The summed E-state index contributed by atoms with van der Waals surface area (Å²) in [4.78, 5) is 1.32. The number of hydrogen-bond donors (Lipinski definition) is 1. The molecule has 1 aliphatic carbocycles. The zero-order valence-electron chi connectivity index (χ0n) is 11.0. The molecular weight excluding hydrogens is 262 g/mol. The van der Waals surface area contributed by atoms with E-state index in [4.69, 9.17) is 11.6 Å². The van der Waals surface area contributed by atoms with Crippen LogP contribution in [-0.2, 0) is 0 Å². The molecule has 0 aliphatic heterocycles. The molecule has 0 bridgehead atoms. The maximum atomic E-state index is 5.90. The molecule has 1 aromatic rings. The van der Waals surface area contributed by atoms with Gasteiger partial charge in [-0.3, -0.25) is 0 Å². The predicted octanol–water partition coefficient (Wildman–Crippen LogP) is 4.60. The molecule has 1 nitrogen and oxygen atoms in total. The van der Waals surface area contributed by atoms with E-state index in [0.717, 1.165) is 23.2 Å². The lowest BCUT2D eigenvalue weighted by atomic mass is 10.1. The topological polar surface area (TPSA) is 12.0 Å². The molecule has 3 heteroatoms. The summed E-state index contributed by atoms with van der Waals surface area (Å²) in [6, 6.07) is 8.83. The van der Waals surface area contributed by atoms with Crippen LogP contribution in [0.5, 0.6) is 0 Å². The fraction of sp³-hybridized carbons (Fsp3) is 0.600. The first kappa shape index (κ1) is 14.2. The Kier molecular flexibility index (Phi) is 5.87. The lowest BCUT2D eigenvalue weighted by Crippen LogP contribution is -2.32. The van der Waals surface area contributed by atoms with Crippen LogP contribution in [0, 0.1) is 5.92 Å². The molecule has 0 aromatic heterocycles. The number of rotatable bonds is 8. The van der Waals surface area contributed by atoms with Crippen LogP contribution in [0.25, 0.3) is 0 Å². The van der Waals surface area contributed by atoms with Gasteiger partial charge in [-0.2, -0.15) is 0 Å². The Morgan fingerprint density at radius 3 is 2.67 bits per heavy atom. The summed E-state index contributed by atoms with van der Waals surface area (Å²) in [5.41, 5.74) is 0. The lowest BCUT2D eigenvalue weighted by Gasteiger charge is -2.17. The molecule has 18 heavy (non-hydrogen) atoms. The van der Waals surface area contributed by atoms with Crippen molar-refractivity contribution in [1.82, 2.24) is 5.32 Å². The van der Waals surface area contributed by atoms with Crippen LogP contribution < -0.4 is 5.32 Å². The van der Waals surface area contributed by atoms with E-state index in [9.17, 15) is 0 Å². The van der Waals surface area contributed by atoms with E-state index in [1.165, 1.54) is 30.6 Å². The van der Waals surface area contributed by atoms with Gasteiger partial charge in [0.2, 0.25) is 0 Å². The Balaban J connectivity index is 1.77. The van der Waals surface area contributed by atoms with E-state index in [0.29, 0.717) is 6.04 Å². The highest BCUT2D eigenvalue weighted by Gasteiger charge is 2.25. The summed E-state index contributed by atoms with van der Waals surface area (Å²) >= 11 is 7.83. The largest absolute Gasteiger partial charge is 0.313 e. The van der Waals surface area contributed by atoms with E-state index >= 15 is 0 Å². The highest BCUT2D eigenvalue weighted by molar-refractivity contribution is 7.99. The number of halogens is 1. The number of nitrogens with one attached hydrogen (secondary N) is 1. The van der Waals surface area contributed by atoms with Gasteiger partial charge in [0.25, 0.3) is 0 Å². The van der Waals surface area contributed by atoms with Crippen LogP contribution >= 0.6 is 23.4 Å². The predicted molar refractivity (Wildman–Crippen MR) is 81.6 cm³/mol. The van der Waals surface area contributed by atoms with Crippen molar-refractivity contribution in [2.24, 2.45) is 5.92 Å². The zero-order chi connectivity index (χ0) is 12.8. The van der Waals surface area contributed by atoms with E-state index in [1.807, 2.05) is 23.9 Å². The monoisotopic (exact) mass is 283 g/mol. The Morgan fingerprint density at radius 1 is 1.33 bits per heavy atom. The molecule has 0 spiro atoms. The minimum Gasteiger partial charge on any atom is -0.313 e. The van der Waals surface area contributed by atoms with Gasteiger partial charge in [-0.25, -0.2) is 0 Å². The van der Waals surface area contributed by atoms with E-state index in [2.05, 4.69) is 24.4 Å². The van der Waals surface area contributed by atoms with Crippen molar-refractivity contribution in [3.63, 3.8) is 0 Å². The Labute approximate surface area is 120 Å². The molecule has 1 atom stereocenters. The highest BCUT2D eigenvalue weighted by Crippen LogP contribution is 2.34. The fourth-order valence-electron chi connectivity index (χ4n) is 2.04. The molecule has 1 fully saturated rings. The van der Waals surface area contributed by atoms with Crippen LogP contribution in [-0.4, -0.2) is 18.3 Å². The van der Waals surface area contributed by atoms with Crippen molar-refractivity contribution >= 4 is 23.4 Å². The smallest absolute Gasteiger partial charge is 0.0406 e. The van der Waals surface area contributed by atoms with Gasteiger partial charge < -0.3 is 5.32 Å². The van der Waals surface area contributed by atoms with Crippen LogP contribution in [0.3, 0.4) is 0 Å². The third kappa shape index (κ3) is 5.21. The summed E-state index contributed by atoms with van der Waals surface area (Å²) < 4.78 is 0. The van der Waals surface area contributed by atoms with Crippen molar-refractivity contribution in [1.29, 1.82) is 0 Å². The van der Waals surface area contributed by atoms with E-state index in [1.54, 1.807) is 0 Å². The summed E-state index contributed by atoms with van der Waals surface area (Å²) in [5.74, 6) is 2.16. The molecule has 0 saturated heterocycles. The first-order chi connectivity index (χ1) is 8.78. The van der Waals surface area contributed by atoms with Gasteiger partial charge in [0.1, 0.15) is 0 Å². The Morgan fingerprint density at radius 2 is 2.06 bits per heavy atom. The second kappa shape index (κ2) is 7.42. The zero-order valence-corrected chi connectivity index (χ0v) is 12.6. The van der Waals surface area contributed by atoms with Crippen LogP contribution in [0.2, 0.25) is 5.02 Å². The van der Waals surface area contributed by atoms with Crippen LogP contribution in [0.1, 0.15) is 32.6 Å². The van der Waals surface area contributed by atoms with Crippen molar-refractivity contribution in [2.45, 2.75) is 43.5 Å². The summed E-state index contributed by atoms with van der Waals surface area (Å²) in [7, 11) is 0. The normalized spacial score (nSPS) is 16.8. The first-order valence-electron chi connectivity index (χ1n) is 6.89. The molecule has 1 aliphatic rings. The van der Waals surface area contributed by atoms with Crippen molar-refractivity contribution in [3.8, 4) is 0 Å². The van der Waals surface area contributed by atoms with Crippen molar-refractivity contribution < 1.29 is 0 Å². The molecule has 0 amide bonds. The van der Waals surface area contributed by atoms with E-state index < -0.39 is 0 Å². The maximum Gasteiger partial charge on any atom is 0.0406 e. The molecule has 1 aromatic carbocycles. The summed E-state index contributed by atoms with van der Waals surface area (Å²) in [5, 5.41) is 4.49. The van der Waals surface area contributed by atoms with Gasteiger partial charge in [0, 0.05) is 21.7 Å². The Hall–Kier alpha value is -0.180. The molecule has 100 valence electrons. The third-order valence-electron chi connectivity index (χ3n) is 3.26. The third-order valence-corrected chi connectivity index (χ3v) is 4.69. The standard InChI is InChI=1S/C15H22ClNS/c1-2-9-17-14(10-12-3-4-12)11-18-15-7-5-13(16)6-8-15/h5-8,12,14,17H,2-4,9-11H2,1H3. The molecule has 2 rings (SSSR count). The quantitative estimate of drug-likeness (QED) is 0.700. The van der Waals surface area contributed by atoms with Gasteiger partial charge in [0.15, 0.2) is 0 Å². The molecule has 1 N–H and O–H groups in total. The second-order valence-electron chi connectivity index (χ2n) is 5.10. The SMILES string of the molecule is CCCNC(CSc1ccc(Cl)cc1)CC1CC1. The first-order valence-corrected chi connectivity index (χ1v) is 8.26. The summed E-state index contributed by atoms with van der Waals surface area (Å²) in [6.07, 6.45) is 5.44. The average Bonchev–Trinajstić information content (AvgIpc) is 3.18. The highest BCUT2D eigenvalue weighted by atomic mass is 35.5. The molecule has 1 unspecified atom stereocenters. The van der Waals surface area contributed by atoms with E-state index in [-0.39, 0.29) is 0 Å². The van der Waals surface area contributed by atoms with Gasteiger partial charge in [-0.15, -0.1) is 11.8 Å². The number of hydrogen-bond acceptors (Lipinski definition) is 2. The van der Waals surface area contributed by atoms with Crippen molar-refractivity contribution in [2.75, 3.05) is 12.3 Å². The Bertz CT molecular complexity index is 348. The number of thioether (sulfide) groups is 1. The fourth-order valence-corrected chi connectivity index (χ4v) is 3.14. The van der Waals surface area contributed by atoms with Crippen LogP contribution in [0.15, 0.2) is 29.2 Å². The molecule has 1 saturated carbocycles. The molecular formula is C15H22ClNS. The van der Waals surface area contributed by atoms with Gasteiger partial charge in [-0.05, 0) is 49.6 Å². The minimum atomic E-state index is 0.665.